The number of nitrogens with zero attached hydrogens (tertiary/aromatic N) is 2. The van der Waals surface area contributed by atoms with Crippen LogP contribution in [0.4, 0.5) is 18.9 Å². The SMILES string of the molecule is Cc1ccc(Oc2ccc(N3C(=O)CC(C)(C)C3=O)cn2)cc1OC(F)(F)F. The molecule has 28 heavy (non-hydrogen) atoms. The summed E-state index contributed by atoms with van der Waals surface area (Å²) in [6.07, 6.45) is -3.41. The monoisotopic (exact) mass is 394 g/mol. The molecule has 1 aromatic heterocycles. The van der Waals surface area contributed by atoms with Gasteiger partial charge in [-0.2, -0.15) is 0 Å². The zero-order valence-electron chi connectivity index (χ0n) is 15.3. The van der Waals surface area contributed by atoms with E-state index in [1.165, 1.54) is 37.4 Å². The number of ether oxygens (including phenoxy) is 2. The van der Waals surface area contributed by atoms with Crippen LogP contribution in [0.15, 0.2) is 36.5 Å². The average Bonchev–Trinajstić information content (AvgIpc) is 2.78. The predicted octanol–water partition coefficient (Wildman–Crippen LogP) is 4.37. The standard InChI is InChI=1S/C19H17F3N2O4/c1-11-4-6-13(8-14(11)28-19(20,21)22)27-15-7-5-12(10-23-15)24-16(25)9-18(2,3)17(24)26/h4-8,10H,9H2,1-3H3. The van der Waals surface area contributed by atoms with Crippen molar-refractivity contribution in [3.63, 3.8) is 0 Å². The predicted molar refractivity (Wildman–Crippen MR) is 93.1 cm³/mol. The molecule has 2 heterocycles. The highest BCUT2D eigenvalue weighted by molar-refractivity contribution is 6.22. The lowest BCUT2D eigenvalue weighted by Crippen LogP contribution is -2.32. The first-order valence-electron chi connectivity index (χ1n) is 8.34. The molecule has 0 aliphatic carbocycles. The molecule has 2 aromatic rings. The summed E-state index contributed by atoms with van der Waals surface area (Å²) < 4.78 is 46.8. The second-order valence-electron chi connectivity index (χ2n) is 7.03. The molecule has 6 nitrogen and oxygen atoms in total. The van der Waals surface area contributed by atoms with E-state index in [2.05, 4.69) is 9.72 Å². The Balaban J connectivity index is 1.78. The topological polar surface area (TPSA) is 68.7 Å². The van der Waals surface area contributed by atoms with E-state index in [-0.39, 0.29) is 35.6 Å². The number of carbonyl (C=O) groups excluding carboxylic acids is 2. The first kappa shape index (κ1) is 19.7. The molecule has 1 saturated heterocycles. The Labute approximate surface area is 158 Å². The molecule has 0 unspecified atom stereocenters. The lowest BCUT2D eigenvalue weighted by Gasteiger charge is -2.17. The van der Waals surface area contributed by atoms with Gasteiger partial charge in [-0.05, 0) is 24.6 Å². The lowest BCUT2D eigenvalue weighted by atomic mass is 9.92. The maximum absolute atomic E-state index is 12.5. The number of aromatic nitrogens is 1. The molecule has 0 spiro atoms. The summed E-state index contributed by atoms with van der Waals surface area (Å²) in [5.41, 5.74) is -0.178. The second-order valence-corrected chi connectivity index (χ2v) is 7.03. The van der Waals surface area contributed by atoms with Crippen molar-refractivity contribution in [2.24, 2.45) is 5.41 Å². The number of amides is 2. The largest absolute Gasteiger partial charge is 0.573 e. The minimum absolute atomic E-state index is 0.0870. The summed E-state index contributed by atoms with van der Waals surface area (Å²) in [6, 6.07) is 6.92. The van der Waals surface area contributed by atoms with Crippen LogP contribution in [0.25, 0.3) is 0 Å². The minimum Gasteiger partial charge on any atom is -0.439 e. The highest BCUT2D eigenvalue weighted by Gasteiger charge is 2.45. The van der Waals surface area contributed by atoms with Crippen LogP contribution >= 0.6 is 0 Å². The summed E-state index contributed by atoms with van der Waals surface area (Å²) in [5.74, 6) is -0.834. The van der Waals surface area contributed by atoms with Crippen LogP contribution in [0.2, 0.25) is 0 Å². The van der Waals surface area contributed by atoms with E-state index < -0.39 is 11.8 Å². The van der Waals surface area contributed by atoms with Crippen LogP contribution < -0.4 is 14.4 Å². The van der Waals surface area contributed by atoms with Crippen molar-refractivity contribution >= 4 is 17.5 Å². The molecule has 1 aliphatic rings. The van der Waals surface area contributed by atoms with Crippen LogP contribution in [0.5, 0.6) is 17.4 Å². The van der Waals surface area contributed by atoms with Crippen LogP contribution in [-0.4, -0.2) is 23.2 Å². The summed E-state index contributed by atoms with van der Waals surface area (Å²) in [5, 5.41) is 0. The number of aryl methyl sites for hydroxylation is 1. The number of anilines is 1. The van der Waals surface area contributed by atoms with Gasteiger partial charge >= 0.3 is 6.36 Å². The molecule has 1 aliphatic heterocycles. The van der Waals surface area contributed by atoms with E-state index >= 15 is 0 Å². The maximum Gasteiger partial charge on any atom is 0.573 e. The van der Waals surface area contributed by atoms with Gasteiger partial charge in [0.15, 0.2) is 0 Å². The zero-order chi connectivity index (χ0) is 20.7. The Morgan fingerprint density at radius 2 is 1.86 bits per heavy atom. The maximum atomic E-state index is 12.5. The second kappa shape index (κ2) is 6.81. The van der Waals surface area contributed by atoms with Crippen LogP contribution in [0, 0.1) is 12.3 Å². The number of benzene rings is 1. The van der Waals surface area contributed by atoms with Gasteiger partial charge in [0.25, 0.3) is 0 Å². The van der Waals surface area contributed by atoms with Crippen LogP contribution in [0.1, 0.15) is 25.8 Å². The summed E-state index contributed by atoms with van der Waals surface area (Å²) in [7, 11) is 0. The third-order valence-corrected chi connectivity index (χ3v) is 4.21. The van der Waals surface area contributed by atoms with E-state index in [1.54, 1.807) is 13.8 Å². The number of halogens is 3. The summed E-state index contributed by atoms with van der Waals surface area (Å²) in [4.78, 5) is 29.5. The molecular formula is C19H17F3N2O4. The Morgan fingerprint density at radius 1 is 1.14 bits per heavy atom. The van der Waals surface area contributed by atoms with E-state index in [0.717, 1.165) is 11.0 Å². The fourth-order valence-electron chi connectivity index (χ4n) is 2.77. The van der Waals surface area contributed by atoms with Gasteiger partial charge in [0.05, 0.1) is 17.3 Å². The normalized spacial score (nSPS) is 16.4. The minimum atomic E-state index is -4.81. The van der Waals surface area contributed by atoms with Gasteiger partial charge in [-0.25, -0.2) is 9.88 Å². The van der Waals surface area contributed by atoms with E-state index in [1.807, 2.05) is 0 Å². The van der Waals surface area contributed by atoms with Gasteiger partial charge in [0.2, 0.25) is 17.7 Å². The van der Waals surface area contributed by atoms with Crippen LogP contribution in [0.3, 0.4) is 0 Å². The third-order valence-electron chi connectivity index (χ3n) is 4.21. The number of imide groups is 1. The van der Waals surface area contributed by atoms with Gasteiger partial charge < -0.3 is 9.47 Å². The highest BCUT2D eigenvalue weighted by Crippen LogP contribution is 2.36. The highest BCUT2D eigenvalue weighted by atomic mass is 19.4. The molecule has 0 bridgehead atoms. The van der Waals surface area contributed by atoms with Gasteiger partial charge in [0.1, 0.15) is 11.5 Å². The number of alkyl halides is 3. The number of pyridine rings is 1. The molecule has 0 N–H and O–H groups in total. The van der Waals surface area contributed by atoms with E-state index in [0.29, 0.717) is 11.3 Å². The number of hydrogen-bond acceptors (Lipinski definition) is 5. The quantitative estimate of drug-likeness (QED) is 0.721. The van der Waals surface area contributed by atoms with Crippen molar-refractivity contribution < 1.29 is 32.2 Å². The molecule has 3 rings (SSSR count). The first-order chi connectivity index (χ1) is 13.0. The number of rotatable bonds is 4. The Morgan fingerprint density at radius 3 is 2.39 bits per heavy atom. The van der Waals surface area contributed by atoms with Crippen molar-refractivity contribution in [2.75, 3.05) is 4.90 Å². The fraction of sp³-hybridized carbons (Fsp3) is 0.316. The third kappa shape index (κ3) is 4.08. The lowest BCUT2D eigenvalue weighted by molar-refractivity contribution is -0.274. The van der Waals surface area contributed by atoms with Gasteiger partial charge in [0, 0.05) is 18.6 Å². The van der Waals surface area contributed by atoms with Gasteiger partial charge in [-0.15, -0.1) is 13.2 Å². The number of carbonyl (C=O) groups is 2. The molecule has 0 atom stereocenters. The molecule has 148 valence electrons. The molecular weight excluding hydrogens is 377 g/mol. The molecule has 9 heteroatoms. The van der Waals surface area contributed by atoms with E-state index in [9.17, 15) is 22.8 Å². The smallest absolute Gasteiger partial charge is 0.439 e. The van der Waals surface area contributed by atoms with Crippen molar-refractivity contribution in [1.29, 1.82) is 0 Å². The Kier molecular flexibility index (Phi) is 4.78. The molecule has 1 fully saturated rings. The van der Waals surface area contributed by atoms with Crippen LogP contribution in [-0.2, 0) is 9.59 Å². The zero-order valence-corrected chi connectivity index (χ0v) is 15.3. The molecule has 2 amide bonds. The number of hydrogen-bond donors (Lipinski definition) is 0. The molecule has 0 radical (unpaired) electrons. The van der Waals surface area contributed by atoms with E-state index in [4.69, 9.17) is 4.74 Å². The Hall–Kier alpha value is -3.10. The van der Waals surface area contributed by atoms with Crippen molar-refractivity contribution in [3.8, 4) is 17.4 Å². The summed E-state index contributed by atoms with van der Waals surface area (Å²) >= 11 is 0. The van der Waals surface area contributed by atoms with Crippen molar-refractivity contribution in [3.05, 3.63) is 42.1 Å². The Bertz CT molecular complexity index is 924. The van der Waals surface area contributed by atoms with Gasteiger partial charge in [-0.1, -0.05) is 19.9 Å². The summed E-state index contributed by atoms with van der Waals surface area (Å²) in [6.45, 7) is 4.86. The van der Waals surface area contributed by atoms with Crippen molar-refractivity contribution in [2.45, 2.75) is 33.6 Å². The molecule has 0 saturated carbocycles. The average molecular weight is 394 g/mol. The van der Waals surface area contributed by atoms with Gasteiger partial charge in [-0.3, -0.25) is 9.59 Å². The molecule has 1 aromatic carbocycles. The first-order valence-corrected chi connectivity index (χ1v) is 8.34. The van der Waals surface area contributed by atoms with Crippen molar-refractivity contribution in [1.82, 2.24) is 4.98 Å². The fourth-order valence-corrected chi connectivity index (χ4v) is 2.77.